The molecule has 10 heteroatoms. The van der Waals surface area contributed by atoms with Gasteiger partial charge in [-0.3, -0.25) is 4.79 Å². The topological polar surface area (TPSA) is 138 Å². The van der Waals surface area contributed by atoms with Gasteiger partial charge in [0.15, 0.2) is 0 Å². The first kappa shape index (κ1) is 22.3. The van der Waals surface area contributed by atoms with E-state index in [1.54, 1.807) is 12.2 Å². The van der Waals surface area contributed by atoms with E-state index >= 15 is 0 Å². The molecule has 0 aliphatic carbocycles. The molecule has 0 saturated carbocycles. The summed E-state index contributed by atoms with van der Waals surface area (Å²) in [5.74, 6) is -1.33. The van der Waals surface area contributed by atoms with E-state index in [2.05, 4.69) is 10.0 Å². The zero-order chi connectivity index (χ0) is 21.4. The summed E-state index contributed by atoms with van der Waals surface area (Å²) < 4.78 is 32.7. The lowest BCUT2D eigenvalue weighted by Crippen LogP contribution is -2.89. The summed E-state index contributed by atoms with van der Waals surface area (Å²) >= 11 is 0. The zero-order valence-corrected chi connectivity index (χ0v) is 16.9. The molecule has 9 nitrogen and oxygen atoms in total. The van der Waals surface area contributed by atoms with Gasteiger partial charge < -0.3 is 20.5 Å². The Morgan fingerprint density at radius 3 is 2.45 bits per heavy atom. The number of nitrogens with one attached hydrogen (secondary N) is 2. The third-order valence-corrected chi connectivity index (χ3v) is 5.29. The number of rotatable bonds is 9. The van der Waals surface area contributed by atoms with E-state index in [4.69, 9.17) is 4.74 Å². The summed E-state index contributed by atoms with van der Waals surface area (Å²) in [5, 5.41) is 13.5. The molecule has 0 heterocycles. The fourth-order valence-electron chi connectivity index (χ4n) is 2.47. The van der Waals surface area contributed by atoms with E-state index in [1.807, 2.05) is 6.92 Å². The molecule has 1 atom stereocenters. The normalized spacial score (nSPS) is 12.2. The van der Waals surface area contributed by atoms with E-state index in [9.17, 15) is 23.1 Å². The summed E-state index contributed by atoms with van der Waals surface area (Å²) in [7, 11) is -4.14. The van der Waals surface area contributed by atoms with Crippen molar-refractivity contribution in [1.82, 2.24) is 4.72 Å². The van der Waals surface area contributed by atoms with Crippen LogP contribution in [0.4, 0.5) is 5.69 Å². The van der Waals surface area contributed by atoms with Gasteiger partial charge >= 0.3 is 5.97 Å². The van der Waals surface area contributed by atoms with Crippen molar-refractivity contribution >= 4 is 27.6 Å². The minimum atomic E-state index is -4.14. The molecule has 2 aromatic carbocycles. The second kappa shape index (κ2) is 10.0. The van der Waals surface area contributed by atoms with Crippen molar-refractivity contribution < 1.29 is 33.2 Å². The molecule has 2 aromatic rings. The van der Waals surface area contributed by atoms with Crippen LogP contribution in [0.25, 0.3) is 0 Å². The average molecular weight is 422 g/mol. The van der Waals surface area contributed by atoms with Crippen molar-refractivity contribution in [2.24, 2.45) is 0 Å². The number of amides is 1. The number of anilines is 1. The van der Waals surface area contributed by atoms with Crippen LogP contribution >= 0.6 is 0 Å². The summed E-state index contributed by atoms with van der Waals surface area (Å²) in [4.78, 5) is 24.1. The number of esters is 1. The van der Waals surface area contributed by atoms with Crippen LogP contribution in [0.1, 0.15) is 24.2 Å². The number of benzene rings is 2. The fraction of sp³-hybridized carbons (Fsp3) is 0.263. The Bertz CT molecular complexity index is 960. The van der Waals surface area contributed by atoms with Crippen molar-refractivity contribution in [3.05, 3.63) is 54.1 Å². The van der Waals surface area contributed by atoms with Gasteiger partial charge in [0, 0.05) is 12.6 Å². The number of carbonyl (C=O) groups is 2. The highest BCUT2D eigenvalue weighted by Crippen LogP contribution is 2.17. The molecule has 0 aliphatic rings. The predicted octanol–water partition coefficient (Wildman–Crippen LogP) is 0.395. The van der Waals surface area contributed by atoms with E-state index in [1.165, 1.54) is 48.5 Å². The van der Waals surface area contributed by atoms with Gasteiger partial charge in [0.1, 0.15) is 5.75 Å². The van der Waals surface area contributed by atoms with Crippen LogP contribution in [0.15, 0.2) is 53.4 Å². The summed E-state index contributed by atoms with van der Waals surface area (Å²) in [6, 6.07) is 11.3. The Balaban J connectivity index is 2.07. The number of phenols is 1. The second-order valence-electron chi connectivity index (χ2n) is 6.17. The lowest BCUT2D eigenvalue weighted by Gasteiger charge is -2.14. The highest BCUT2D eigenvalue weighted by Gasteiger charge is 2.25. The number of hydrogen-bond acceptors (Lipinski definition) is 6. The van der Waals surface area contributed by atoms with E-state index in [0.29, 0.717) is 12.2 Å². The number of phenolic OH excluding ortho intramolecular Hbond substituents is 1. The van der Waals surface area contributed by atoms with Gasteiger partial charge in [0.25, 0.3) is 0 Å². The molecule has 5 N–H and O–H groups in total. The summed E-state index contributed by atoms with van der Waals surface area (Å²) in [6.45, 7) is 3.75. The first-order chi connectivity index (χ1) is 13.7. The maximum Gasteiger partial charge on any atom is 0.343 e. The van der Waals surface area contributed by atoms with Crippen LogP contribution in [-0.2, 0) is 19.6 Å². The highest BCUT2D eigenvalue weighted by molar-refractivity contribution is 7.89. The van der Waals surface area contributed by atoms with Crippen molar-refractivity contribution in [2.75, 3.05) is 18.4 Å². The predicted molar refractivity (Wildman–Crippen MR) is 106 cm³/mol. The number of sulfonamides is 1. The number of aromatic hydroxyl groups is 1. The van der Waals surface area contributed by atoms with Crippen molar-refractivity contribution in [1.29, 1.82) is 0 Å². The number of quaternary nitrogens is 1. The minimum Gasteiger partial charge on any atom is -0.508 e. The molecule has 29 heavy (non-hydrogen) atoms. The smallest absolute Gasteiger partial charge is 0.343 e. The molecule has 0 bridgehead atoms. The Kier molecular flexibility index (Phi) is 7.71. The SMILES string of the molecule is CC[NH2+]C(C)OC(=O)c1ccccc1S(=O)(=O)NCC(=O)Nc1ccc(O)cc1. The highest BCUT2D eigenvalue weighted by atomic mass is 32.2. The van der Waals surface area contributed by atoms with E-state index in [0.717, 1.165) is 0 Å². The van der Waals surface area contributed by atoms with Crippen LogP contribution in [0.3, 0.4) is 0 Å². The second-order valence-corrected chi connectivity index (χ2v) is 7.91. The Labute approximate surface area is 169 Å². The molecule has 0 fully saturated rings. The monoisotopic (exact) mass is 422 g/mol. The zero-order valence-electron chi connectivity index (χ0n) is 16.1. The van der Waals surface area contributed by atoms with Crippen LogP contribution in [0, 0.1) is 0 Å². The van der Waals surface area contributed by atoms with Crippen LogP contribution in [0.2, 0.25) is 0 Å². The maximum atomic E-state index is 12.6. The molecule has 2 rings (SSSR count). The van der Waals surface area contributed by atoms with Gasteiger partial charge in [-0.25, -0.2) is 17.9 Å². The molecule has 0 saturated heterocycles. The Morgan fingerprint density at radius 1 is 1.14 bits per heavy atom. The van der Waals surface area contributed by atoms with Gasteiger partial charge in [0.05, 0.1) is 23.5 Å². The van der Waals surface area contributed by atoms with Crippen molar-refractivity contribution in [3.8, 4) is 5.75 Å². The van der Waals surface area contributed by atoms with E-state index in [-0.39, 0.29) is 16.2 Å². The molecule has 0 radical (unpaired) electrons. The quantitative estimate of drug-likeness (QED) is 0.262. The van der Waals surface area contributed by atoms with Crippen LogP contribution < -0.4 is 15.4 Å². The third-order valence-electron chi connectivity index (χ3n) is 3.83. The average Bonchev–Trinajstić information content (AvgIpc) is 2.68. The molecular weight excluding hydrogens is 398 g/mol. The number of carbonyl (C=O) groups excluding carboxylic acids is 2. The summed E-state index contributed by atoms with van der Waals surface area (Å²) in [5.41, 5.74) is 0.285. The molecule has 0 spiro atoms. The largest absolute Gasteiger partial charge is 0.508 e. The van der Waals surface area contributed by atoms with Gasteiger partial charge in [-0.1, -0.05) is 12.1 Å². The van der Waals surface area contributed by atoms with Gasteiger partial charge in [-0.2, -0.15) is 0 Å². The van der Waals surface area contributed by atoms with Crippen LogP contribution in [-0.4, -0.2) is 44.7 Å². The van der Waals surface area contributed by atoms with Gasteiger partial charge in [0.2, 0.25) is 22.2 Å². The van der Waals surface area contributed by atoms with E-state index < -0.39 is 34.7 Å². The molecule has 1 amide bonds. The lowest BCUT2D eigenvalue weighted by atomic mass is 10.2. The molecule has 0 aliphatic heterocycles. The maximum absolute atomic E-state index is 12.6. The number of hydrogen-bond donors (Lipinski definition) is 4. The van der Waals surface area contributed by atoms with Crippen molar-refractivity contribution in [2.45, 2.75) is 25.0 Å². The first-order valence-corrected chi connectivity index (χ1v) is 10.4. The standard InChI is InChI=1S/C19H23N3O6S/c1-3-20-13(2)28-19(25)16-6-4-5-7-17(16)29(26,27)21-12-18(24)22-14-8-10-15(23)11-9-14/h4-11,13,20-21,23H,3,12H2,1-2H3,(H,22,24)/p+1. The molecular formula is C19H24N3O6S+. The lowest BCUT2D eigenvalue weighted by molar-refractivity contribution is -0.714. The van der Waals surface area contributed by atoms with Gasteiger partial charge in [-0.15, -0.1) is 0 Å². The Morgan fingerprint density at radius 2 is 1.79 bits per heavy atom. The van der Waals surface area contributed by atoms with Crippen molar-refractivity contribution in [3.63, 3.8) is 0 Å². The molecule has 156 valence electrons. The van der Waals surface area contributed by atoms with Crippen LogP contribution in [0.5, 0.6) is 5.75 Å². The Hall–Kier alpha value is -2.95. The number of nitrogens with two attached hydrogens (primary N) is 1. The molecule has 1 unspecified atom stereocenters. The number of ether oxygens (including phenoxy) is 1. The molecule has 0 aromatic heterocycles. The van der Waals surface area contributed by atoms with Gasteiger partial charge in [-0.05, 0) is 43.3 Å². The first-order valence-electron chi connectivity index (χ1n) is 8.95. The fourth-order valence-corrected chi connectivity index (χ4v) is 3.65. The third kappa shape index (κ3) is 6.56. The summed E-state index contributed by atoms with van der Waals surface area (Å²) in [6.07, 6.45) is -0.465. The minimum absolute atomic E-state index is 0.0399.